The van der Waals surface area contributed by atoms with Crippen molar-refractivity contribution in [3.8, 4) is 0 Å². The maximum absolute atomic E-state index is 6.67. The van der Waals surface area contributed by atoms with Gasteiger partial charge in [-0.25, -0.2) is 0 Å². The summed E-state index contributed by atoms with van der Waals surface area (Å²) in [4.78, 5) is 2.30. The van der Waals surface area contributed by atoms with Crippen LogP contribution in [-0.4, -0.2) is 6.71 Å². The van der Waals surface area contributed by atoms with E-state index in [1.165, 1.54) is 0 Å². The van der Waals surface area contributed by atoms with Gasteiger partial charge in [0.2, 0.25) is 0 Å². The number of anilines is 3. The van der Waals surface area contributed by atoms with Gasteiger partial charge in [0.25, 0.3) is 0 Å². The van der Waals surface area contributed by atoms with E-state index in [0.29, 0.717) is 0 Å². The van der Waals surface area contributed by atoms with Crippen molar-refractivity contribution in [2.75, 3.05) is 4.90 Å². The van der Waals surface area contributed by atoms with Gasteiger partial charge in [0.1, 0.15) is 33.7 Å². The van der Waals surface area contributed by atoms with Gasteiger partial charge in [0.05, 0.1) is 17.1 Å². The molecule has 0 atom stereocenters. The molecule has 0 fully saturated rings. The van der Waals surface area contributed by atoms with Crippen LogP contribution in [0.2, 0.25) is 0 Å². The maximum atomic E-state index is 6.67. The highest BCUT2D eigenvalue weighted by Crippen LogP contribution is 2.45. The number of benzene rings is 5. The second-order valence-electron chi connectivity index (χ2n) is 10.1. The van der Waals surface area contributed by atoms with Crippen LogP contribution in [-0.2, 0) is 0 Å². The number of fused-ring (bicyclic) bond motifs is 9. The zero-order valence-corrected chi connectivity index (χ0v) is 20.8. The van der Waals surface area contributed by atoms with Gasteiger partial charge in [-0.05, 0) is 42.5 Å². The van der Waals surface area contributed by atoms with E-state index < -0.39 is 0 Å². The van der Waals surface area contributed by atoms with Crippen LogP contribution in [0.1, 0.15) is 0 Å². The Bertz CT molecular complexity index is 2120. The van der Waals surface area contributed by atoms with Gasteiger partial charge >= 0.3 is 6.71 Å². The molecule has 3 aromatic heterocycles. The Kier molecular flexibility index (Phi) is 4.11. The number of hydrogen-bond donors (Lipinski definition) is 0. The smallest absolute Gasteiger partial charge is 0.338 e. The fourth-order valence-electron chi connectivity index (χ4n) is 6.25. The second kappa shape index (κ2) is 7.68. The molecule has 5 aromatic carbocycles. The predicted molar refractivity (Wildman–Crippen MR) is 159 cm³/mol. The summed E-state index contributed by atoms with van der Waals surface area (Å²) in [6, 6.07) is 41.7. The molecule has 0 spiro atoms. The first-order chi connectivity index (χ1) is 19.3. The third kappa shape index (κ3) is 2.84. The average molecular weight is 501 g/mol. The van der Waals surface area contributed by atoms with E-state index in [1.54, 1.807) is 0 Å². The summed E-state index contributed by atoms with van der Waals surface area (Å²) in [5.41, 5.74) is 9.39. The van der Waals surface area contributed by atoms with Gasteiger partial charge in [-0.15, -0.1) is 0 Å². The molecule has 0 aliphatic carbocycles. The van der Waals surface area contributed by atoms with Crippen molar-refractivity contribution >= 4 is 84.4 Å². The van der Waals surface area contributed by atoms with Gasteiger partial charge in [-0.2, -0.15) is 0 Å². The summed E-state index contributed by atoms with van der Waals surface area (Å²) in [5, 5.41) is 4.34. The minimum Gasteiger partial charge on any atom is -0.468 e. The summed E-state index contributed by atoms with van der Waals surface area (Å²) in [7, 11) is 0. The van der Waals surface area contributed by atoms with Crippen LogP contribution in [0.15, 0.2) is 135 Å². The van der Waals surface area contributed by atoms with E-state index in [0.717, 1.165) is 77.7 Å². The number of nitrogens with zero attached hydrogens (tertiary/aromatic N) is 1. The summed E-state index contributed by atoms with van der Waals surface area (Å²) < 4.78 is 19.7. The fraction of sp³-hybridized carbons (Fsp3) is 0. The van der Waals surface area contributed by atoms with Crippen molar-refractivity contribution in [3.63, 3.8) is 0 Å². The second-order valence-corrected chi connectivity index (χ2v) is 10.1. The number of furan rings is 3. The Morgan fingerprint density at radius 3 is 1.59 bits per heavy atom. The van der Waals surface area contributed by atoms with Gasteiger partial charge in [-0.1, -0.05) is 78.3 Å². The summed E-state index contributed by atoms with van der Waals surface area (Å²) in [6.07, 6.45) is 0. The number of hydrogen-bond acceptors (Lipinski definition) is 4. The molecule has 1 aliphatic heterocycles. The molecule has 39 heavy (non-hydrogen) atoms. The molecule has 0 unspecified atom stereocenters. The first kappa shape index (κ1) is 20.9. The Morgan fingerprint density at radius 1 is 0.436 bits per heavy atom. The monoisotopic (exact) mass is 501 g/mol. The van der Waals surface area contributed by atoms with E-state index >= 15 is 0 Å². The lowest BCUT2D eigenvalue weighted by molar-refractivity contribution is 0.636. The van der Waals surface area contributed by atoms with Crippen molar-refractivity contribution in [2.24, 2.45) is 0 Å². The molecule has 9 rings (SSSR count). The van der Waals surface area contributed by atoms with Gasteiger partial charge < -0.3 is 18.2 Å². The van der Waals surface area contributed by atoms with Crippen LogP contribution in [0.5, 0.6) is 0 Å². The third-order valence-corrected chi connectivity index (χ3v) is 7.92. The highest BCUT2D eigenvalue weighted by Gasteiger charge is 2.44. The molecule has 0 saturated heterocycles. The van der Waals surface area contributed by atoms with Crippen molar-refractivity contribution in [1.29, 1.82) is 0 Å². The molecule has 0 amide bonds. The quantitative estimate of drug-likeness (QED) is 0.232. The maximum Gasteiger partial charge on any atom is 0.338 e. The molecule has 8 aromatic rings. The van der Waals surface area contributed by atoms with E-state index in [1.807, 2.05) is 48.5 Å². The Labute approximate surface area is 223 Å². The normalized spacial score (nSPS) is 13.0. The molecule has 4 heterocycles. The van der Waals surface area contributed by atoms with Crippen LogP contribution in [0.25, 0.3) is 43.9 Å². The van der Waals surface area contributed by atoms with Crippen LogP contribution >= 0.6 is 0 Å². The van der Waals surface area contributed by atoms with Crippen LogP contribution < -0.4 is 21.7 Å². The zero-order chi connectivity index (χ0) is 25.5. The van der Waals surface area contributed by atoms with Crippen molar-refractivity contribution < 1.29 is 13.3 Å². The molecule has 0 N–H and O–H groups in total. The Morgan fingerprint density at radius 2 is 0.949 bits per heavy atom. The number of rotatable bonds is 2. The summed E-state index contributed by atoms with van der Waals surface area (Å²) in [6.45, 7) is -0.179. The molecular weight excluding hydrogens is 481 g/mol. The van der Waals surface area contributed by atoms with Crippen LogP contribution in [0.4, 0.5) is 17.1 Å². The average Bonchev–Trinajstić information content (AvgIpc) is 3.67. The van der Waals surface area contributed by atoms with Gasteiger partial charge in [0.15, 0.2) is 0 Å². The van der Waals surface area contributed by atoms with Crippen molar-refractivity contribution in [3.05, 3.63) is 121 Å². The summed E-state index contributed by atoms with van der Waals surface area (Å²) >= 11 is 0. The fourth-order valence-corrected chi connectivity index (χ4v) is 6.25. The molecule has 0 bridgehead atoms. The van der Waals surface area contributed by atoms with Gasteiger partial charge in [-0.3, -0.25) is 0 Å². The van der Waals surface area contributed by atoms with Crippen molar-refractivity contribution in [2.45, 2.75) is 0 Å². The highest BCUT2D eigenvalue weighted by atomic mass is 16.4. The first-order valence-electron chi connectivity index (χ1n) is 13.1. The van der Waals surface area contributed by atoms with Gasteiger partial charge in [0, 0.05) is 27.6 Å². The zero-order valence-electron chi connectivity index (χ0n) is 20.8. The summed E-state index contributed by atoms with van der Waals surface area (Å²) in [5.74, 6) is 0. The standard InChI is InChI=1S/C34H20BNO3/c1-2-10-21(11-3-1)35-33-31(25-13-5-8-16-28(25)38-33)36(32-26-14-6-9-17-29(26)39-34(32)35)22-18-19-24-23-12-4-7-15-27(23)37-30(24)20-22/h1-20H. The molecule has 4 nitrogen and oxygen atoms in total. The number of para-hydroxylation sites is 3. The lowest BCUT2D eigenvalue weighted by Crippen LogP contribution is -2.56. The SMILES string of the molecule is c1ccc(B2c3oc4ccccc4c3N(c3ccc4c(c3)oc3ccccc34)c3c2oc2ccccc32)cc1. The van der Waals surface area contributed by atoms with Crippen LogP contribution in [0.3, 0.4) is 0 Å². The molecule has 0 radical (unpaired) electrons. The highest BCUT2D eigenvalue weighted by molar-refractivity contribution is 6.97. The first-order valence-corrected chi connectivity index (χ1v) is 13.1. The molecule has 5 heteroatoms. The molecule has 0 saturated carbocycles. The lowest BCUT2D eigenvalue weighted by Gasteiger charge is -2.31. The van der Waals surface area contributed by atoms with Crippen LogP contribution in [0, 0.1) is 0 Å². The third-order valence-electron chi connectivity index (χ3n) is 7.92. The minimum atomic E-state index is -0.179. The van der Waals surface area contributed by atoms with Crippen molar-refractivity contribution in [1.82, 2.24) is 0 Å². The molecule has 182 valence electrons. The Balaban J connectivity index is 1.40. The van der Waals surface area contributed by atoms with E-state index in [-0.39, 0.29) is 6.71 Å². The van der Waals surface area contributed by atoms with E-state index in [2.05, 4.69) is 77.7 Å². The minimum absolute atomic E-state index is 0.179. The molecule has 1 aliphatic rings. The topological polar surface area (TPSA) is 42.7 Å². The Hall–Kier alpha value is -5.16. The largest absolute Gasteiger partial charge is 0.468 e. The molecular formula is C34H20BNO3. The van der Waals surface area contributed by atoms with E-state index in [4.69, 9.17) is 13.3 Å². The van der Waals surface area contributed by atoms with E-state index in [9.17, 15) is 0 Å². The lowest BCUT2D eigenvalue weighted by atomic mass is 9.39. The predicted octanol–water partition coefficient (Wildman–Crippen LogP) is 7.38.